The van der Waals surface area contributed by atoms with Crippen LogP contribution in [-0.4, -0.2) is 16.0 Å². The summed E-state index contributed by atoms with van der Waals surface area (Å²) in [6.45, 7) is 3.72. The van der Waals surface area contributed by atoms with Gasteiger partial charge in [0.25, 0.3) is 0 Å². The Hall–Kier alpha value is -2.08. The molecule has 2 aromatic rings. The molecule has 1 aromatic carbocycles. The summed E-state index contributed by atoms with van der Waals surface area (Å²) in [7, 11) is 0. The van der Waals surface area contributed by atoms with Gasteiger partial charge in [-0.15, -0.1) is 0 Å². The molecule has 5 nitrogen and oxygen atoms in total. The van der Waals surface area contributed by atoms with Crippen LogP contribution in [0.4, 0.5) is 0 Å². The second-order valence-corrected chi connectivity index (χ2v) is 5.22. The van der Waals surface area contributed by atoms with E-state index >= 15 is 0 Å². The maximum atomic E-state index is 8.88. The van der Waals surface area contributed by atoms with E-state index in [4.69, 9.17) is 15.7 Å². The van der Waals surface area contributed by atoms with E-state index in [0.29, 0.717) is 17.2 Å². The Morgan fingerprint density at radius 2 is 1.95 bits per heavy atom. The molecule has 0 aliphatic heterocycles. The molecule has 0 saturated heterocycles. The van der Waals surface area contributed by atoms with Gasteiger partial charge < -0.3 is 15.7 Å². The van der Waals surface area contributed by atoms with Crippen LogP contribution in [0.2, 0.25) is 0 Å². The van der Waals surface area contributed by atoms with Crippen LogP contribution >= 0.6 is 15.9 Å². The average molecular weight is 336 g/mol. The molecule has 0 aliphatic carbocycles. The fourth-order valence-electron chi connectivity index (χ4n) is 1.85. The van der Waals surface area contributed by atoms with Crippen LogP contribution in [0, 0.1) is 13.8 Å². The molecule has 20 heavy (non-hydrogen) atoms. The third kappa shape index (κ3) is 3.08. The van der Waals surface area contributed by atoms with E-state index in [2.05, 4.69) is 26.1 Å². The van der Waals surface area contributed by atoms with Gasteiger partial charge in [0, 0.05) is 10.2 Å². The quantitative estimate of drug-likeness (QED) is 0.390. The zero-order valence-corrected chi connectivity index (χ0v) is 12.7. The lowest BCUT2D eigenvalue weighted by Gasteiger charge is -2.12. The molecule has 0 fully saturated rings. The van der Waals surface area contributed by atoms with Crippen molar-refractivity contribution in [3.05, 3.63) is 51.6 Å². The summed E-state index contributed by atoms with van der Waals surface area (Å²) in [6.07, 6.45) is 0. The number of halogens is 1. The lowest BCUT2D eigenvalue weighted by atomic mass is 10.1. The predicted octanol–water partition coefficient (Wildman–Crippen LogP) is 3.35. The van der Waals surface area contributed by atoms with Crippen LogP contribution in [0.15, 0.2) is 40.0 Å². The summed E-state index contributed by atoms with van der Waals surface area (Å²) < 4.78 is 6.70. The highest BCUT2D eigenvalue weighted by atomic mass is 79.9. The Kier molecular flexibility index (Phi) is 4.24. The molecule has 0 amide bonds. The molecule has 0 saturated carbocycles. The van der Waals surface area contributed by atoms with Gasteiger partial charge in [-0.2, -0.15) is 0 Å². The van der Waals surface area contributed by atoms with E-state index in [1.54, 1.807) is 12.1 Å². The third-order valence-electron chi connectivity index (χ3n) is 2.70. The molecular weight excluding hydrogens is 322 g/mol. The highest BCUT2D eigenvalue weighted by Gasteiger charge is 2.15. The van der Waals surface area contributed by atoms with E-state index in [1.807, 2.05) is 32.0 Å². The molecule has 1 heterocycles. The molecule has 2 rings (SSSR count). The van der Waals surface area contributed by atoms with Gasteiger partial charge in [-0.1, -0.05) is 21.1 Å². The van der Waals surface area contributed by atoms with Gasteiger partial charge >= 0.3 is 0 Å². The number of rotatable bonds is 3. The van der Waals surface area contributed by atoms with E-state index in [1.165, 1.54) is 0 Å². The van der Waals surface area contributed by atoms with Crippen molar-refractivity contribution in [2.75, 3.05) is 0 Å². The van der Waals surface area contributed by atoms with Crippen molar-refractivity contribution in [2.24, 2.45) is 10.9 Å². The van der Waals surface area contributed by atoms with Crippen molar-refractivity contribution in [3.8, 4) is 11.6 Å². The Labute approximate surface area is 125 Å². The Morgan fingerprint density at radius 1 is 1.30 bits per heavy atom. The maximum absolute atomic E-state index is 8.88. The van der Waals surface area contributed by atoms with Crippen LogP contribution < -0.4 is 10.5 Å². The topological polar surface area (TPSA) is 80.7 Å². The van der Waals surface area contributed by atoms with Crippen LogP contribution in [0.5, 0.6) is 11.6 Å². The zero-order chi connectivity index (χ0) is 14.7. The van der Waals surface area contributed by atoms with E-state index in [-0.39, 0.29) is 5.84 Å². The Balaban J connectivity index is 2.47. The smallest absolute Gasteiger partial charge is 0.230 e. The number of oxime groups is 1. The normalized spacial score (nSPS) is 11.4. The summed E-state index contributed by atoms with van der Waals surface area (Å²) in [4.78, 5) is 4.31. The van der Waals surface area contributed by atoms with Gasteiger partial charge in [-0.3, -0.25) is 0 Å². The molecule has 0 unspecified atom stereocenters. The van der Waals surface area contributed by atoms with Gasteiger partial charge in [0.2, 0.25) is 5.88 Å². The van der Waals surface area contributed by atoms with Gasteiger partial charge in [-0.05, 0) is 49.7 Å². The number of nitrogens with zero attached hydrogens (tertiary/aromatic N) is 2. The van der Waals surface area contributed by atoms with Gasteiger partial charge in [-0.25, -0.2) is 4.98 Å². The summed E-state index contributed by atoms with van der Waals surface area (Å²) in [6, 6.07) is 9.18. The number of benzene rings is 1. The fourth-order valence-corrected chi connectivity index (χ4v) is 2.12. The van der Waals surface area contributed by atoms with Crippen molar-refractivity contribution in [2.45, 2.75) is 13.8 Å². The molecule has 3 N–H and O–H groups in total. The first-order valence-electron chi connectivity index (χ1n) is 5.91. The minimum atomic E-state index is -0.0258. The van der Waals surface area contributed by atoms with E-state index < -0.39 is 0 Å². The number of aromatic nitrogens is 1. The van der Waals surface area contributed by atoms with Crippen molar-refractivity contribution in [1.29, 1.82) is 0 Å². The summed E-state index contributed by atoms with van der Waals surface area (Å²) in [5, 5.41) is 11.9. The van der Waals surface area contributed by atoms with Gasteiger partial charge in [0.05, 0.1) is 5.56 Å². The monoisotopic (exact) mass is 335 g/mol. The predicted molar refractivity (Wildman–Crippen MR) is 80.4 cm³/mol. The molecule has 0 atom stereocenters. The molecule has 0 bridgehead atoms. The summed E-state index contributed by atoms with van der Waals surface area (Å²) in [5.74, 6) is 0.917. The largest absolute Gasteiger partial charge is 0.438 e. The van der Waals surface area contributed by atoms with E-state index in [9.17, 15) is 0 Å². The minimum absolute atomic E-state index is 0.0258. The standard InChI is InChI=1S/C14H14BrN3O2/c1-8-7-9(2)17-14(12(8)13(16)18-19)20-11-5-3-10(15)4-6-11/h3-7,19H,1-2H3,(H2,16,18). The summed E-state index contributed by atoms with van der Waals surface area (Å²) >= 11 is 3.36. The lowest BCUT2D eigenvalue weighted by Crippen LogP contribution is -2.17. The number of aryl methyl sites for hydroxylation is 2. The van der Waals surface area contributed by atoms with E-state index in [0.717, 1.165) is 15.7 Å². The SMILES string of the molecule is Cc1cc(C)c(C(N)=NO)c(Oc2ccc(Br)cc2)n1. The van der Waals surface area contributed by atoms with Crippen LogP contribution in [0.3, 0.4) is 0 Å². The molecule has 1 aromatic heterocycles. The first kappa shape index (κ1) is 14.3. The third-order valence-corrected chi connectivity index (χ3v) is 3.23. The molecule has 0 aliphatic rings. The number of hydrogen-bond acceptors (Lipinski definition) is 4. The first-order valence-corrected chi connectivity index (χ1v) is 6.70. The van der Waals surface area contributed by atoms with Gasteiger partial charge in [0.15, 0.2) is 5.84 Å². The number of hydrogen-bond donors (Lipinski definition) is 2. The molecule has 0 spiro atoms. The Bertz CT molecular complexity index is 654. The fraction of sp³-hybridized carbons (Fsp3) is 0.143. The highest BCUT2D eigenvalue weighted by molar-refractivity contribution is 9.10. The number of nitrogens with two attached hydrogens (primary N) is 1. The first-order chi connectivity index (χ1) is 9.51. The summed E-state index contributed by atoms with van der Waals surface area (Å²) in [5.41, 5.74) is 7.81. The van der Waals surface area contributed by atoms with Crippen LogP contribution in [0.1, 0.15) is 16.8 Å². The minimum Gasteiger partial charge on any atom is -0.438 e. The Morgan fingerprint density at radius 3 is 2.55 bits per heavy atom. The molecule has 104 valence electrons. The second-order valence-electron chi connectivity index (χ2n) is 4.30. The second kappa shape index (κ2) is 5.92. The van der Waals surface area contributed by atoms with Gasteiger partial charge in [0.1, 0.15) is 5.75 Å². The maximum Gasteiger partial charge on any atom is 0.230 e. The number of amidine groups is 1. The van der Waals surface area contributed by atoms with Crippen molar-refractivity contribution < 1.29 is 9.94 Å². The van der Waals surface area contributed by atoms with Crippen LogP contribution in [-0.2, 0) is 0 Å². The molecule has 0 radical (unpaired) electrons. The zero-order valence-electron chi connectivity index (χ0n) is 11.1. The van der Waals surface area contributed by atoms with Crippen molar-refractivity contribution >= 4 is 21.8 Å². The number of pyridine rings is 1. The van der Waals surface area contributed by atoms with Crippen LogP contribution in [0.25, 0.3) is 0 Å². The average Bonchev–Trinajstić information content (AvgIpc) is 2.40. The lowest BCUT2D eigenvalue weighted by molar-refractivity contribution is 0.318. The van der Waals surface area contributed by atoms with Crippen molar-refractivity contribution in [3.63, 3.8) is 0 Å². The van der Waals surface area contributed by atoms with Crippen molar-refractivity contribution in [1.82, 2.24) is 4.98 Å². The molecular formula is C14H14BrN3O2. The number of ether oxygens (including phenoxy) is 1. The highest BCUT2D eigenvalue weighted by Crippen LogP contribution is 2.27. The molecule has 6 heteroatoms.